The van der Waals surface area contributed by atoms with E-state index in [2.05, 4.69) is 5.32 Å². The van der Waals surface area contributed by atoms with Crippen LogP contribution in [0.25, 0.3) is 0 Å². The summed E-state index contributed by atoms with van der Waals surface area (Å²) in [4.78, 5) is 36.3. The molecule has 0 aromatic heterocycles. The molecule has 0 radical (unpaired) electrons. The number of carbonyl (C=O) groups is 3. The van der Waals surface area contributed by atoms with Gasteiger partial charge in [0.05, 0.1) is 13.0 Å². The molecule has 2 aromatic carbocycles. The number of benzene rings is 2. The van der Waals surface area contributed by atoms with Crippen LogP contribution in [0.3, 0.4) is 0 Å². The molecule has 0 aliphatic rings. The number of anilines is 1. The smallest absolute Gasteiger partial charge is 0.307 e. The third-order valence-electron chi connectivity index (χ3n) is 3.86. The van der Waals surface area contributed by atoms with Crippen LogP contribution >= 0.6 is 0 Å². The van der Waals surface area contributed by atoms with Gasteiger partial charge in [-0.05, 0) is 29.7 Å². The van der Waals surface area contributed by atoms with E-state index in [4.69, 9.17) is 5.11 Å². The largest absolute Gasteiger partial charge is 0.481 e. The first-order chi connectivity index (χ1) is 12.4. The highest BCUT2D eigenvalue weighted by atomic mass is 16.4. The Bertz CT molecular complexity index is 774. The molecular formula is C20H22N2O4. The molecule has 0 bridgehead atoms. The van der Waals surface area contributed by atoms with Crippen molar-refractivity contribution in [1.29, 1.82) is 0 Å². The predicted octanol–water partition coefficient (Wildman–Crippen LogP) is 2.34. The molecule has 0 atom stereocenters. The average molecular weight is 354 g/mol. The number of hydrogen-bond donors (Lipinski definition) is 2. The highest BCUT2D eigenvalue weighted by Gasteiger charge is 2.14. The molecule has 6 nitrogen and oxygen atoms in total. The Morgan fingerprint density at radius 3 is 2.35 bits per heavy atom. The van der Waals surface area contributed by atoms with Gasteiger partial charge in [-0.25, -0.2) is 0 Å². The summed E-state index contributed by atoms with van der Waals surface area (Å²) in [5, 5.41) is 11.6. The van der Waals surface area contributed by atoms with Gasteiger partial charge in [-0.15, -0.1) is 0 Å². The molecule has 2 N–H and O–H groups in total. The molecule has 0 unspecified atom stereocenters. The summed E-state index contributed by atoms with van der Waals surface area (Å²) in [7, 11) is 0. The second kappa shape index (κ2) is 9.36. The van der Waals surface area contributed by atoms with E-state index in [1.807, 2.05) is 30.3 Å². The van der Waals surface area contributed by atoms with Gasteiger partial charge in [0.1, 0.15) is 0 Å². The molecule has 0 saturated carbocycles. The van der Waals surface area contributed by atoms with Crippen LogP contribution in [0, 0.1) is 0 Å². The number of hydrogen-bond acceptors (Lipinski definition) is 3. The molecule has 2 amide bonds. The van der Waals surface area contributed by atoms with E-state index in [1.54, 1.807) is 24.3 Å². The summed E-state index contributed by atoms with van der Waals surface area (Å²) in [6.45, 7) is 1.84. The minimum atomic E-state index is -0.933. The van der Waals surface area contributed by atoms with Crippen LogP contribution in [0.5, 0.6) is 0 Å². The Morgan fingerprint density at radius 2 is 1.69 bits per heavy atom. The lowest BCUT2D eigenvalue weighted by Gasteiger charge is -2.20. The number of rotatable bonds is 8. The molecule has 0 aliphatic carbocycles. The number of aliphatic carboxylic acids is 1. The van der Waals surface area contributed by atoms with E-state index in [9.17, 15) is 14.4 Å². The van der Waals surface area contributed by atoms with Crippen LogP contribution in [0.4, 0.5) is 5.69 Å². The normalized spacial score (nSPS) is 10.2. The van der Waals surface area contributed by atoms with Gasteiger partial charge in [-0.1, -0.05) is 42.5 Å². The van der Waals surface area contributed by atoms with Crippen LogP contribution in [0.2, 0.25) is 0 Å². The number of carboxylic acids is 1. The van der Waals surface area contributed by atoms with Crippen molar-refractivity contribution in [2.24, 2.45) is 0 Å². The van der Waals surface area contributed by atoms with E-state index in [0.717, 1.165) is 5.56 Å². The van der Waals surface area contributed by atoms with Gasteiger partial charge in [0.15, 0.2) is 0 Å². The van der Waals surface area contributed by atoms with Crippen molar-refractivity contribution in [2.45, 2.75) is 19.8 Å². The van der Waals surface area contributed by atoms with Gasteiger partial charge < -0.3 is 15.3 Å². The maximum Gasteiger partial charge on any atom is 0.307 e. The van der Waals surface area contributed by atoms with Crippen molar-refractivity contribution >= 4 is 23.5 Å². The minimum absolute atomic E-state index is 0.0503. The second-order valence-electron chi connectivity index (χ2n) is 6.00. The monoisotopic (exact) mass is 354 g/mol. The standard InChI is InChI=1S/C20H22N2O4/c1-15(23)22(11-10-16-6-3-2-4-7-16)14-19(24)21-18-9-5-8-17(12-18)13-20(25)26/h2-9,12H,10-11,13-14H2,1H3,(H,21,24)(H,25,26). The van der Waals surface area contributed by atoms with Crippen molar-refractivity contribution in [3.05, 3.63) is 65.7 Å². The van der Waals surface area contributed by atoms with Gasteiger partial charge in [-0.2, -0.15) is 0 Å². The zero-order chi connectivity index (χ0) is 18.9. The summed E-state index contributed by atoms with van der Waals surface area (Å²) in [6, 6.07) is 16.4. The first-order valence-corrected chi connectivity index (χ1v) is 8.34. The SMILES string of the molecule is CC(=O)N(CCc1ccccc1)CC(=O)Nc1cccc(CC(=O)O)c1. The van der Waals surface area contributed by atoms with E-state index in [-0.39, 0.29) is 24.8 Å². The minimum Gasteiger partial charge on any atom is -0.481 e. The fourth-order valence-corrected chi connectivity index (χ4v) is 2.56. The highest BCUT2D eigenvalue weighted by Crippen LogP contribution is 2.11. The Hall–Kier alpha value is -3.15. The molecule has 0 saturated heterocycles. The highest BCUT2D eigenvalue weighted by molar-refractivity contribution is 5.94. The zero-order valence-electron chi connectivity index (χ0n) is 14.6. The Morgan fingerprint density at radius 1 is 1.00 bits per heavy atom. The number of carbonyl (C=O) groups excluding carboxylic acids is 2. The van der Waals surface area contributed by atoms with Gasteiger partial charge in [0.25, 0.3) is 0 Å². The molecule has 0 fully saturated rings. The van der Waals surface area contributed by atoms with Crippen LogP contribution in [-0.4, -0.2) is 40.9 Å². The second-order valence-corrected chi connectivity index (χ2v) is 6.00. The maximum absolute atomic E-state index is 12.3. The predicted molar refractivity (Wildman–Crippen MR) is 98.8 cm³/mol. The summed E-state index contributed by atoms with van der Waals surface area (Å²) < 4.78 is 0. The molecule has 2 aromatic rings. The first kappa shape index (κ1) is 19.2. The third kappa shape index (κ3) is 6.39. The zero-order valence-corrected chi connectivity index (χ0v) is 14.6. The number of amides is 2. The molecule has 26 heavy (non-hydrogen) atoms. The van der Waals surface area contributed by atoms with Gasteiger partial charge in [0, 0.05) is 19.2 Å². The fourth-order valence-electron chi connectivity index (χ4n) is 2.56. The average Bonchev–Trinajstić information content (AvgIpc) is 2.59. The van der Waals surface area contributed by atoms with Crippen molar-refractivity contribution in [3.63, 3.8) is 0 Å². The quantitative estimate of drug-likeness (QED) is 0.762. The molecule has 0 aliphatic heterocycles. The number of nitrogens with zero attached hydrogens (tertiary/aromatic N) is 1. The molecule has 2 rings (SSSR count). The number of carboxylic acid groups (broad SMARTS) is 1. The van der Waals surface area contributed by atoms with Crippen LogP contribution in [0.1, 0.15) is 18.1 Å². The number of nitrogens with one attached hydrogen (secondary N) is 1. The van der Waals surface area contributed by atoms with Crippen molar-refractivity contribution in [3.8, 4) is 0 Å². The first-order valence-electron chi connectivity index (χ1n) is 8.34. The maximum atomic E-state index is 12.3. The van der Waals surface area contributed by atoms with E-state index >= 15 is 0 Å². The Labute approximate surface area is 152 Å². The van der Waals surface area contributed by atoms with E-state index < -0.39 is 5.97 Å². The molecule has 0 heterocycles. The summed E-state index contributed by atoms with van der Waals surface area (Å²) >= 11 is 0. The summed E-state index contributed by atoms with van der Waals surface area (Å²) in [5.41, 5.74) is 2.21. The summed E-state index contributed by atoms with van der Waals surface area (Å²) in [5.74, 6) is -1.42. The van der Waals surface area contributed by atoms with Crippen LogP contribution < -0.4 is 5.32 Å². The lowest BCUT2D eigenvalue weighted by molar-refractivity contribution is -0.136. The third-order valence-corrected chi connectivity index (χ3v) is 3.86. The topological polar surface area (TPSA) is 86.7 Å². The Balaban J connectivity index is 1.93. The lowest BCUT2D eigenvalue weighted by Crippen LogP contribution is -2.38. The Kier molecular flexibility index (Phi) is 6.91. The van der Waals surface area contributed by atoms with Gasteiger partial charge in [-0.3, -0.25) is 14.4 Å². The van der Waals surface area contributed by atoms with Crippen LogP contribution in [-0.2, 0) is 27.2 Å². The fraction of sp³-hybridized carbons (Fsp3) is 0.250. The van der Waals surface area contributed by atoms with Crippen molar-refractivity contribution in [1.82, 2.24) is 4.90 Å². The van der Waals surface area contributed by atoms with Crippen molar-refractivity contribution in [2.75, 3.05) is 18.4 Å². The molecular weight excluding hydrogens is 332 g/mol. The van der Waals surface area contributed by atoms with E-state index in [0.29, 0.717) is 24.2 Å². The molecule has 136 valence electrons. The molecule has 0 spiro atoms. The van der Waals surface area contributed by atoms with Gasteiger partial charge >= 0.3 is 5.97 Å². The molecule has 6 heteroatoms. The van der Waals surface area contributed by atoms with E-state index in [1.165, 1.54) is 11.8 Å². The lowest BCUT2D eigenvalue weighted by atomic mass is 10.1. The summed E-state index contributed by atoms with van der Waals surface area (Å²) in [6.07, 6.45) is 0.558. The van der Waals surface area contributed by atoms with Crippen molar-refractivity contribution < 1.29 is 19.5 Å². The van der Waals surface area contributed by atoms with Crippen LogP contribution in [0.15, 0.2) is 54.6 Å². The van der Waals surface area contributed by atoms with Gasteiger partial charge in [0.2, 0.25) is 11.8 Å².